The van der Waals surface area contributed by atoms with Gasteiger partial charge in [0.15, 0.2) is 0 Å². The predicted octanol–water partition coefficient (Wildman–Crippen LogP) is 3.77. The van der Waals surface area contributed by atoms with Crippen LogP contribution in [0.2, 0.25) is 5.02 Å². The average Bonchev–Trinajstić information content (AvgIpc) is 2.46. The third kappa shape index (κ3) is 4.22. The topological polar surface area (TPSA) is 48.1 Å². The number of aromatic nitrogens is 1. The molecule has 3 nitrogen and oxygen atoms in total. The smallest absolute Gasteiger partial charge is 0.137 e. The number of benzene rings is 1. The Morgan fingerprint density at radius 1 is 1.25 bits per heavy atom. The Balaban J connectivity index is 1.82. The van der Waals surface area contributed by atoms with E-state index >= 15 is 0 Å². The molecule has 0 spiro atoms. The lowest BCUT2D eigenvalue weighted by atomic mass is 10.1. The number of nitrogens with two attached hydrogens (primary N) is 1. The minimum Gasteiger partial charge on any atom is -0.492 e. The molecule has 1 aromatic heterocycles. The molecule has 0 aliphatic carbocycles. The number of rotatable bonds is 6. The van der Waals surface area contributed by atoms with Crippen molar-refractivity contribution in [3.63, 3.8) is 0 Å². The summed E-state index contributed by atoms with van der Waals surface area (Å²) >= 11 is 6.18. The molecule has 0 saturated heterocycles. The molecule has 106 valence electrons. The Labute approximate surface area is 124 Å². The summed E-state index contributed by atoms with van der Waals surface area (Å²) in [5.74, 6) is 0.714. The summed E-state index contributed by atoms with van der Waals surface area (Å²) in [6, 6.07) is 9.72. The highest BCUT2D eigenvalue weighted by molar-refractivity contribution is 6.32. The van der Waals surface area contributed by atoms with Crippen molar-refractivity contribution in [2.45, 2.75) is 25.8 Å². The second-order valence-corrected chi connectivity index (χ2v) is 5.19. The molecule has 0 radical (unpaired) electrons. The van der Waals surface area contributed by atoms with E-state index in [0.717, 1.165) is 18.4 Å². The zero-order chi connectivity index (χ0) is 14.4. The van der Waals surface area contributed by atoms with Crippen molar-refractivity contribution >= 4 is 11.6 Å². The highest BCUT2D eigenvalue weighted by Gasteiger charge is 2.05. The van der Waals surface area contributed by atoms with Crippen molar-refractivity contribution < 1.29 is 4.74 Å². The molecule has 2 aromatic rings. The lowest BCUT2D eigenvalue weighted by Crippen LogP contribution is -2.05. The molecule has 1 heterocycles. The van der Waals surface area contributed by atoms with E-state index in [4.69, 9.17) is 22.1 Å². The lowest BCUT2D eigenvalue weighted by molar-refractivity contribution is 0.311. The van der Waals surface area contributed by atoms with Crippen molar-refractivity contribution in [2.75, 3.05) is 6.61 Å². The molecule has 0 amide bonds. The Morgan fingerprint density at radius 3 is 2.65 bits per heavy atom. The molecule has 0 saturated carbocycles. The van der Waals surface area contributed by atoms with Gasteiger partial charge in [-0.2, -0.15) is 0 Å². The summed E-state index contributed by atoms with van der Waals surface area (Å²) < 4.78 is 5.70. The second-order valence-electron chi connectivity index (χ2n) is 4.79. The zero-order valence-corrected chi connectivity index (χ0v) is 12.3. The van der Waals surface area contributed by atoms with Gasteiger partial charge in [0.05, 0.1) is 11.6 Å². The van der Waals surface area contributed by atoms with Crippen LogP contribution in [0.15, 0.2) is 42.7 Å². The molecule has 0 bridgehead atoms. The molecule has 1 aromatic carbocycles. The first-order chi connectivity index (χ1) is 9.66. The van der Waals surface area contributed by atoms with Crippen molar-refractivity contribution in [3.8, 4) is 5.75 Å². The molecule has 0 fully saturated rings. The Morgan fingerprint density at radius 2 is 2.00 bits per heavy atom. The van der Waals surface area contributed by atoms with Crippen LogP contribution in [-0.4, -0.2) is 11.6 Å². The van der Waals surface area contributed by atoms with E-state index < -0.39 is 0 Å². The maximum absolute atomic E-state index is 6.18. The maximum atomic E-state index is 6.18. The van der Waals surface area contributed by atoms with Crippen LogP contribution in [0.3, 0.4) is 0 Å². The van der Waals surface area contributed by atoms with E-state index in [2.05, 4.69) is 4.98 Å². The summed E-state index contributed by atoms with van der Waals surface area (Å²) in [6.45, 7) is 2.57. The summed E-state index contributed by atoms with van der Waals surface area (Å²) in [7, 11) is 0. The molecule has 0 aliphatic heterocycles. The summed E-state index contributed by atoms with van der Waals surface area (Å²) in [4.78, 5) is 4.00. The monoisotopic (exact) mass is 290 g/mol. The fourth-order valence-electron chi connectivity index (χ4n) is 1.93. The Kier molecular flexibility index (Phi) is 5.39. The third-order valence-corrected chi connectivity index (χ3v) is 3.39. The summed E-state index contributed by atoms with van der Waals surface area (Å²) in [5, 5.41) is 0.615. The van der Waals surface area contributed by atoms with Gasteiger partial charge in [0.1, 0.15) is 5.75 Å². The van der Waals surface area contributed by atoms with Gasteiger partial charge in [0, 0.05) is 18.4 Å². The molecular weight excluding hydrogens is 272 g/mol. The average molecular weight is 291 g/mol. The van der Waals surface area contributed by atoms with Crippen LogP contribution in [0.4, 0.5) is 0 Å². The second kappa shape index (κ2) is 7.27. The van der Waals surface area contributed by atoms with Crippen LogP contribution >= 0.6 is 11.6 Å². The Hall–Kier alpha value is -1.58. The number of aryl methyl sites for hydroxylation is 1. The Bertz CT molecular complexity index is 543. The quantitative estimate of drug-likeness (QED) is 0.824. The molecule has 1 atom stereocenters. The van der Waals surface area contributed by atoms with Crippen LogP contribution in [-0.2, 0) is 6.42 Å². The first kappa shape index (κ1) is 14.8. The van der Waals surface area contributed by atoms with E-state index in [1.165, 1.54) is 5.56 Å². The third-order valence-electron chi connectivity index (χ3n) is 3.10. The van der Waals surface area contributed by atoms with Gasteiger partial charge in [-0.3, -0.25) is 4.98 Å². The van der Waals surface area contributed by atoms with Crippen molar-refractivity contribution in [1.29, 1.82) is 0 Å². The van der Waals surface area contributed by atoms with E-state index in [1.54, 1.807) is 12.4 Å². The van der Waals surface area contributed by atoms with Gasteiger partial charge < -0.3 is 10.5 Å². The normalized spacial score (nSPS) is 12.2. The summed E-state index contributed by atoms with van der Waals surface area (Å²) in [6.07, 6.45) is 5.52. The first-order valence-electron chi connectivity index (χ1n) is 6.73. The van der Waals surface area contributed by atoms with Gasteiger partial charge in [0.2, 0.25) is 0 Å². The molecule has 4 heteroatoms. The molecule has 0 aliphatic rings. The number of pyridine rings is 1. The van der Waals surface area contributed by atoms with Crippen LogP contribution < -0.4 is 10.5 Å². The van der Waals surface area contributed by atoms with Gasteiger partial charge in [-0.1, -0.05) is 17.7 Å². The fraction of sp³-hybridized carbons (Fsp3) is 0.312. The van der Waals surface area contributed by atoms with Gasteiger partial charge in [-0.05, 0) is 55.2 Å². The lowest BCUT2D eigenvalue weighted by Gasteiger charge is -2.11. The van der Waals surface area contributed by atoms with Crippen molar-refractivity contribution in [3.05, 3.63) is 58.9 Å². The largest absolute Gasteiger partial charge is 0.492 e. The zero-order valence-electron chi connectivity index (χ0n) is 11.6. The number of nitrogens with zero attached hydrogens (tertiary/aromatic N) is 1. The van der Waals surface area contributed by atoms with E-state index in [1.807, 2.05) is 37.3 Å². The van der Waals surface area contributed by atoms with E-state index in [0.29, 0.717) is 17.4 Å². The number of hydrogen-bond acceptors (Lipinski definition) is 3. The van der Waals surface area contributed by atoms with Gasteiger partial charge >= 0.3 is 0 Å². The van der Waals surface area contributed by atoms with Gasteiger partial charge in [-0.15, -0.1) is 0 Å². The standard InChI is InChI=1S/C16H19ClN2O/c1-12(18)14-4-5-16(15(17)11-14)20-10-2-3-13-6-8-19-9-7-13/h4-9,11-12H,2-3,10,18H2,1H3. The first-order valence-corrected chi connectivity index (χ1v) is 7.11. The van der Waals surface area contributed by atoms with Crippen LogP contribution in [0.5, 0.6) is 5.75 Å². The molecule has 20 heavy (non-hydrogen) atoms. The van der Waals surface area contributed by atoms with Crippen LogP contribution in [0.25, 0.3) is 0 Å². The van der Waals surface area contributed by atoms with Crippen LogP contribution in [0, 0.1) is 0 Å². The highest BCUT2D eigenvalue weighted by atomic mass is 35.5. The van der Waals surface area contributed by atoms with Crippen LogP contribution in [0.1, 0.15) is 30.5 Å². The van der Waals surface area contributed by atoms with Crippen molar-refractivity contribution in [2.24, 2.45) is 5.73 Å². The van der Waals surface area contributed by atoms with Gasteiger partial charge in [0.25, 0.3) is 0 Å². The number of halogens is 1. The molecule has 2 rings (SSSR count). The molecule has 2 N–H and O–H groups in total. The fourth-order valence-corrected chi connectivity index (χ4v) is 2.17. The molecule has 1 unspecified atom stereocenters. The predicted molar refractivity (Wildman–Crippen MR) is 82.1 cm³/mol. The van der Waals surface area contributed by atoms with E-state index in [9.17, 15) is 0 Å². The number of ether oxygens (including phenoxy) is 1. The highest BCUT2D eigenvalue weighted by Crippen LogP contribution is 2.27. The maximum Gasteiger partial charge on any atom is 0.137 e. The number of hydrogen-bond donors (Lipinski definition) is 1. The SMILES string of the molecule is CC(N)c1ccc(OCCCc2ccncc2)c(Cl)c1. The van der Waals surface area contributed by atoms with E-state index in [-0.39, 0.29) is 6.04 Å². The van der Waals surface area contributed by atoms with Gasteiger partial charge in [-0.25, -0.2) is 0 Å². The summed E-state index contributed by atoms with van der Waals surface area (Å²) in [5.41, 5.74) is 8.09. The molecular formula is C16H19ClN2O. The minimum absolute atomic E-state index is 0.0201. The van der Waals surface area contributed by atoms with Crippen molar-refractivity contribution in [1.82, 2.24) is 4.98 Å². The minimum atomic E-state index is -0.0201.